The van der Waals surface area contributed by atoms with E-state index in [1.165, 1.54) is 11.8 Å². The van der Waals surface area contributed by atoms with Crippen molar-refractivity contribution in [3.63, 3.8) is 0 Å². The molecule has 3 nitrogen and oxygen atoms in total. The third kappa shape index (κ3) is 6.85. The van der Waals surface area contributed by atoms with E-state index in [-0.39, 0.29) is 17.7 Å². The first-order valence-electron chi connectivity index (χ1n) is 6.34. The summed E-state index contributed by atoms with van der Waals surface area (Å²) in [5.74, 6) is -0.726. The molecule has 1 aromatic carbocycles. The van der Waals surface area contributed by atoms with Gasteiger partial charge in [-0.3, -0.25) is 4.79 Å². The lowest BCUT2D eigenvalue weighted by molar-refractivity contribution is -0.136. The molecule has 0 bridgehead atoms. The van der Waals surface area contributed by atoms with E-state index in [1.54, 1.807) is 0 Å². The highest BCUT2D eigenvalue weighted by Crippen LogP contribution is 2.25. The number of rotatable bonds is 8. The molecule has 1 atom stereocenters. The number of carboxylic acids is 1. The maximum Gasteiger partial charge on any atom is 0.317 e. The van der Waals surface area contributed by atoms with Gasteiger partial charge in [0, 0.05) is 4.90 Å². The maximum atomic E-state index is 11.3. The van der Waals surface area contributed by atoms with E-state index < -0.39 is 5.97 Å². The van der Waals surface area contributed by atoms with E-state index in [0.29, 0.717) is 6.42 Å². The zero-order valence-electron chi connectivity index (χ0n) is 11.4. The summed E-state index contributed by atoms with van der Waals surface area (Å²) in [5, 5.41) is 8.89. The second-order valence-corrected chi connectivity index (χ2v) is 5.35. The van der Waals surface area contributed by atoms with Crippen molar-refractivity contribution in [3.8, 4) is 0 Å². The summed E-state index contributed by atoms with van der Waals surface area (Å²) in [4.78, 5) is 14.5. The van der Waals surface area contributed by atoms with Crippen molar-refractivity contribution in [2.24, 2.45) is 0 Å². The summed E-state index contributed by atoms with van der Waals surface area (Å²) in [5.41, 5.74) is 0. The first-order valence-corrected chi connectivity index (χ1v) is 7.22. The Hall–Kier alpha value is -0.710. The first kappa shape index (κ1) is 18.3. The van der Waals surface area contributed by atoms with Crippen LogP contribution in [0.1, 0.15) is 20.3 Å². The normalized spacial score (nSPS) is 11.9. The van der Waals surface area contributed by atoms with Gasteiger partial charge in [0.25, 0.3) is 0 Å². The average Bonchev–Trinajstić information content (AvgIpc) is 2.39. The minimum absolute atomic E-state index is 0. The van der Waals surface area contributed by atoms with Crippen LogP contribution in [0.2, 0.25) is 0 Å². The van der Waals surface area contributed by atoms with E-state index in [9.17, 15) is 9.90 Å². The molecule has 1 N–H and O–H groups in total. The fourth-order valence-electron chi connectivity index (χ4n) is 1.74. The Morgan fingerprint density at radius 3 is 2.32 bits per heavy atom. The van der Waals surface area contributed by atoms with Crippen LogP contribution in [0, 0.1) is 0 Å². The molecule has 1 unspecified atom stereocenters. The highest BCUT2D eigenvalue weighted by Gasteiger charge is 2.19. The summed E-state index contributed by atoms with van der Waals surface area (Å²) in [6, 6.07) is 9.73. The molecule has 0 radical (unpaired) electrons. The van der Waals surface area contributed by atoms with Gasteiger partial charge >= 0.3 is 5.97 Å². The smallest absolute Gasteiger partial charge is 0.317 e. The predicted octanol–water partition coefficient (Wildman–Crippen LogP) is 3.39. The van der Waals surface area contributed by atoms with Crippen LogP contribution in [0.25, 0.3) is 0 Å². The van der Waals surface area contributed by atoms with Crippen LogP contribution in [0.15, 0.2) is 35.2 Å². The predicted molar refractivity (Wildman–Crippen MR) is 83.4 cm³/mol. The monoisotopic (exact) mass is 303 g/mol. The molecule has 0 saturated carbocycles. The van der Waals surface area contributed by atoms with Crippen LogP contribution in [-0.4, -0.2) is 40.9 Å². The standard InChI is InChI=1S/C14H21NO2S.ClH/c1-3-15(4-2)11-10-13(14(16)17)18-12-8-6-5-7-9-12;/h5-9,13H,3-4,10-11H2,1-2H3,(H,16,17);1H. The van der Waals surface area contributed by atoms with Gasteiger partial charge in [-0.25, -0.2) is 0 Å². The summed E-state index contributed by atoms with van der Waals surface area (Å²) in [6.07, 6.45) is 0.677. The SMILES string of the molecule is CCN(CC)CCC(Sc1ccccc1)C(=O)O.Cl. The minimum atomic E-state index is -0.726. The van der Waals surface area contributed by atoms with E-state index in [2.05, 4.69) is 18.7 Å². The second-order valence-electron chi connectivity index (χ2n) is 4.07. The van der Waals surface area contributed by atoms with Crippen molar-refractivity contribution in [2.45, 2.75) is 30.4 Å². The van der Waals surface area contributed by atoms with E-state index in [4.69, 9.17) is 0 Å². The molecule has 1 rings (SSSR count). The van der Waals surface area contributed by atoms with Gasteiger partial charge in [0.15, 0.2) is 0 Å². The fourth-order valence-corrected chi connectivity index (χ4v) is 2.70. The van der Waals surface area contributed by atoms with Gasteiger partial charge in [-0.05, 0) is 38.2 Å². The average molecular weight is 304 g/mol. The Labute approximate surface area is 125 Å². The lowest BCUT2D eigenvalue weighted by atomic mass is 10.3. The van der Waals surface area contributed by atoms with Crippen LogP contribution in [-0.2, 0) is 4.79 Å². The number of carbonyl (C=O) groups is 1. The fraction of sp³-hybridized carbons (Fsp3) is 0.500. The van der Waals surface area contributed by atoms with Crippen LogP contribution < -0.4 is 0 Å². The van der Waals surface area contributed by atoms with Crippen LogP contribution >= 0.6 is 24.2 Å². The topological polar surface area (TPSA) is 40.5 Å². The highest BCUT2D eigenvalue weighted by molar-refractivity contribution is 8.00. The molecular formula is C14H22ClNO2S. The lowest BCUT2D eigenvalue weighted by Gasteiger charge is -2.20. The summed E-state index contributed by atoms with van der Waals surface area (Å²) in [6.45, 7) is 6.98. The van der Waals surface area contributed by atoms with E-state index in [0.717, 1.165) is 24.5 Å². The van der Waals surface area contributed by atoms with Crippen molar-refractivity contribution in [1.29, 1.82) is 0 Å². The quantitative estimate of drug-likeness (QED) is 0.747. The Morgan fingerprint density at radius 2 is 1.84 bits per heavy atom. The molecular weight excluding hydrogens is 282 g/mol. The van der Waals surface area contributed by atoms with Crippen molar-refractivity contribution >= 4 is 30.1 Å². The van der Waals surface area contributed by atoms with E-state index in [1.807, 2.05) is 30.3 Å². The molecule has 0 aliphatic carbocycles. The Bertz CT molecular complexity index is 358. The molecule has 0 amide bonds. The Kier molecular flexibility index (Phi) is 9.74. The molecule has 0 saturated heterocycles. The number of halogens is 1. The highest BCUT2D eigenvalue weighted by atomic mass is 35.5. The maximum absolute atomic E-state index is 11.3. The molecule has 5 heteroatoms. The first-order chi connectivity index (χ1) is 8.67. The van der Waals surface area contributed by atoms with Gasteiger partial charge in [0.2, 0.25) is 0 Å². The third-order valence-corrected chi connectivity index (χ3v) is 4.17. The second kappa shape index (κ2) is 10.1. The molecule has 19 heavy (non-hydrogen) atoms. The molecule has 0 fully saturated rings. The van der Waals surface area contributed by atoms with Crippen LogP contribution in [0.4, 0.5) is 0 Å². The molecule has 0 aliphatic heterocycles. The zero-order valence-corrected chi connectivity index (χ0v) is 13.0. The number of nitrogens with zero attached hydrogens (tertiary/aromatic N) is 1. The number of hydrogen-bond acceptors (Lipinski definition) is 3. The summed E-state index contributed by atoms with van der Waals surface area (Å²) < 4.78 is 0. The van der Waals surface area contributed by atoms with Gasteiger partial charge < -0.3 is 10.0 Å². The molecule has 0 aromatic heterocycles. The number of benzene rings is 1. The number of thioether (sulfide) groups is 1. The molecule has 0 spiro atoms. The third-order valence-electron chi connectivity index (χ3n) is 2.90. The van der Waals surface area contributed by atoms with Gasteiger partial charge in [0.05, 0.1) is 0 Å². The van der Waals surface area contributed by atoms with Crippen molar-refractivity contribution in [1.82, 2.24) is 4.90 Å². The van der Waals surface area contributed by atoms with Crippen molar-refractivity contribution in [3.05, 3.63) is 30.3 Å². The largest absolute Gasteiger partial charge is 0.480 e. The zero-order chi connectivity index (χ0) is 13.4. The van der Waals surface area contributed by atoms with E-state index >= 15 is 0 Å². The molecule has 108 valence electrons. The molecule has 0 heterocycles. The van der Waals surface area contributed by atoms with Crippen molar-refractivity contribution in [2.75, 3.05) is 19.6 Å². The number of hydrogen-bond donors (Lipinski definition) is 1. The summed E-state index contributed by atoms with van der Waals surface area (Å²) >= 11 is 1.43. The number of aliphatic carboxylic acids is 1. The number of carboxylic acid groups (broad SMARTS) is 1. The lowest BCUT2D eigenvalue weighted by Crippen LogP contribution is -2.28. The van der Waals surface area contributed by atoms with Gasteiger partial charge in [-0.15, -0.1) is 24.2 Å². The van der Waals surface area contributed by atoms with Gasteiger partial charge in [-0.1, -0.05) is 32.0 Å². The Morgan fingerprint density at radius 1 is 1.26 bits per heavy atom. The minimum Gasteiger partial charge on any atom is -0.480 e. The molecule has 1 aromatic rings. The van der Waals surface area contributed by atoms with Crippen LogP contribution in [0.5, 0.6) is 0 Å². The summed E-state index contributed by atoms with van der Waals surface area (Å²) in [7, 11) is 0. The van der Waals surface area contributed by atoms with Gasteiger partial charge in [0.1, 0.15) is 5.25 Å². The Balaban J connectivity index is 0.00000324. The van der Waals surface area contributed by atoms with Crippen LogP contribution in [0.3, 0.4) is 0 Å². The van der Waals surface area contributed by atoms with Gasteiger partial charge in [-0.2, -0.15) is 0 Å². The van der Waals surface area contributed by atoms with Crippen molar-refractivity contribution < 1.29 is 9.90 Å². The molecule has 0 aliphatic rings.